The van der Waals surface area contributed by atoms with Crippen LogP contribution in [0.15, 0.2) is 29.3 Å². The number of ether oxygens (including phenoxy) is 1. The number of guanidine groups is 1. The summed E-state index contributed by atoms with van der Waals surface area (Å²) >= 11 is 0. The highest BCUT2D eigenvalue weighted by Crippen LogP contribution is 2.19. The van der Waals surface area contributed by atoms with Crippen molar-refractivity contribution in [2.75, 3.05) is 32.8 Å². The second-order valence-electron chi connectivity index (χ2n) is 7.21. The highest BCUT2D eigenvalue weighted by atomic mass is 19.4. The fraction of sp³-hybridized carbons (Fsp3) is 0.619. The molecule has 0 atom stereocenters. The van der Waals surface area contributed by atoms with E-state index in [-0.39, 0.29) is 11.7 Å². The van der Waals surface area contributed by atoms with Gasteiger partial charge in [-0.3, -0.25) is 4.79 Å². The first-order valence-corrected chi connectivity index (χ1v) is 10.5. The molecule has 0 unspecified atom stereocenters. The monoisotopic (exact) mass is 428 g/mol. The van der Waals surface area contributed by atoms with Gasteiger partial charge in [0.05, 0.1) is 6.54 Å². The van der Waals surface area contributed by atoms with Crippen LogP contribution < -0.4 is 15.4 Å². The van der Waals surface area contributed by atoms with Crippen molar-refractivity contribution >= 4 is 11.9 Å². The Labute approximate surface area is 175 Å². The molecule has 1 aliphatic rings. The minimum atomic E-state index is -4.35. The molecule has 1 heterocycles. The molecule has 1 aromatic rings. The Bertz CT molecular complexity index is 678. The molecule has 0 aromatic heterocycles. The van der Waals surface area contributed by atoms with Gasteiger partial charge in [0, 0.05) is 32.6 Å². The molecule has 0 spiro atoms. The van der Waals surface area contributed by atoms with Crippen molar-refractivity contribution in [2.45, 2.75) is 51.7 Å². The van der Waals surface area contributed by atoms with Crippen molar-refractivity contribution in [3.8, 4) is 5.75 Å². The Balaban J connectivity index is 1.77. The van der Waals surface area contributed by atoms with E-state index in [1.807, 2.05) is 11.8 Å². The van der Waals surface area contributed by atoms with Gasteiger partial charge in [-0.15, -0.1) is 0 Å². The van der Waals surface area contributed by atoms with Crippen LogP contribution in [0.1, 0.15) is 44.6 Å². The second kappa shape index (κ2) is 12.3. The lowest BCUT2D eigenvalue weighted by Gasteiger charge is -2.20. The van der Waals surface area contributed by atoms with E-state index >= 15 is 0 Å². The zero-order chi connectivity index (χ0) is 21.8. The number of aliphatic imine (C=N–C) groups is 1. The number of nitrogens with one attached hydrogen (secondary N) is 2. The first-order valence-electron chi connectivity index (χ1n) is 10.5. The van der Waals surface area contributed by atoms with Gasteiger partial charge in [0.15, 0.2) is 12.6 Å². The number of likely N-dealkylation sites (tertiary alicyclic amines) is 1. The molecule has 30 heavy (non-hydrogen) atoms. The zero-order valence-corrected chi connectivity index (χ0v) is 17.4. The van der Waals surface area contributed by atoms with Crippen LogP contribution in [0.2, 0.25) is 0 Å². The average molecular weight is 428 g/mol. The molecule has 1 amide bonds. The Morgan fingerprint density at radius 2 is 1.93 bits per heavy atom. The van der Waals surface area contributed by atoms with Crippen LogP contribution in [-0.4, -0.2) is 55.7 Å². The lowest BCUT2D eigenvalue weighted by atomic mass is 10.2. The summed E-state index contributed by atoms with van der Waals surface area (Å²) in [5, 5.41) is 6.43. The number of benzene rings is 1. The maximum absolute atomic E-state index is 12.2. The molecule has 1 fully saturated rings. The first kappa shape index (κ1) is 23.8. The molecule has 0 bridgehead atoms. The van der Waals surface area contributed by atoms with Crippen molar-refractivity contribution in [3.63, 3.8) is 0 Å². The van der Waals surface area contributed by atoms with Crippen LogP contribution in [0.25, 0.3) is 0 Å². The molecule has 0 radical (unpaired) electrons. The maximum atomic E-state index is 12.2. The molecule has 2 N–H and O–H groups in total. The molecular formula is C21H31F3N4O2. The molecule has 1 aliphatic heterocycles. The van der Waals surface area contributed by atoms with Crippen molar-refractivity contribution < 1.29 is 22.7 Å². The summed E-state index contributed by atoms with van der Waals surface area (Å²) in [5.74, 6) is 1.08. The third-order valence-electron chi connectivity index (χ3n) is 4.66. The molecule has 0 aliphatic carbocycles. The number of halogens is 3. The fourth-order valence-electron chi connectivity index (χ4n) is 3.12. The molecular weight excluding hydrogens is 397 g/mol. The molecule has 6 nitrogen and oxygen atoms in total. The van der Waals surface area contributed by atoms with Crippen molar-refractivity contribution in [2.24, 2.45) is 4.99 Å². The quantitative estimate of drug-likeness (QED) is 0.359. The van der Waals surface area contributed by atoms with Gasteiger partial charge in [0.1, 0.15) is 5.75 Å². The third kappa shape index (κ3) is 9.37. The summed E-state index contributed by atoms with van der Waals surface area (Å²) in [6.45, 7) is 4.04. The van der Waals surface area contributed by atoms with Gasteiger partial charge in [0.2, 0.25) is 5.91 Å². The maximum Gasteiger partial charge on any atom is 0.422 e. The Morgan fingerprint density at radius 1 is 1.17 bits per heavy atom. The summed E-state index contributed by atoms with van der Waals surface area (Å²) in [5.41, 5.74) is 0.863. The first-order chi connectivity index (χ1) is 14.4. The minimum absolute atomic E-state index is 0.174. The normalized spacial score (nSPS) is 15.7. The Kier molecular flexibility index (Phi) is 9.76. The number of nitrogens with zero attached hydrogens (tertiary/aromatic N) is 2. The van der Waals surface area contributed by atoms with Crippen LogP contribution in [0.4, 0.5) is 13.2 Å². The summed E-state index contributed by atoms with van der Waals surface area (Å²) in [6, 6.07) is 6.41. The van der Waals surface area contributed by atoms with E-state index in [4.69, 9.17) is 4.74 Å². The standard InChI is InChI=1S/C21H31F3N4O2/c1-2-25-20(26-12-6-14-28-13-5-3-4-7-19(28)29)27-15-17-8-10-18(11-9-17)30-16-21(22,23)24/h8-11H,2-7,12-16H2,1H3,(H2,25,26,27). The van der Waals surface area contributed by atoms with Gasteiger partial charge in [-0.2, -0.15) is 13.2 Å². The van der Waals surface area contributed by atoms with E-state index in [9.17, 15) is 18.0 Å². The molecule has 168 valence electrons. The van der Waals surface area contributed by atoms with E-state index < -0.39 is 12.8 Å². The smallest absolute Gasteiger partial charge is 0.422 e. The number of carbonyl (C=O) groups is 1. The predicted octanol–water partition coefficient (Wildman–Crippen LogP) is 3.48. The highest BCUT2D eigenvalue weighted by Gasteiger charge is 2.28. The van der Waals surface area contributed by atoms with Crippen LogP contribution in [0.3, 0.4) is 0 Å². The summed E-state index contributed by atoms with van der Waals surface area (Å²) < 4.78 is 41.3. The lowest BCUT2D eigenvalue weighted by Crippen LogP contribution is -2.39. The summed E-state index contributed by atoms with van der Waals surface area (Å²) in [4.78, 5) is 18.5. The number of alkyl halides is 3. The SMILES string of the molecule is CCNC(=NCc1ccc(OCC(F)(F)F)cc1)NCCCN1CCCCCC1=O. The van der Waals surface area contributed by atoms with Gasteiger partial charge in [0.25, 0.3) is 0 Å². The number of rotatable bonds is 9. The van der Waals surface area contributed by atoms with E-state index in [2.05, 4.69) is 15.6 Å². The van der Waals surface area contributed by atoms with Gasteiger partial charge in [-0.05, 0) is 43.9 Å². The summed E-state index contributed by atoms with van der Waals surface area (Å²) in [6.07, 6.45) is 0.311. The van der Waals surface area contributed by atoms with Gasteiger partial charge >= 0.3 is 6.18 Å². The molecule has 1 aromatic carbocycles. The number of hydrogen-bond donors (Lipinski definition) is 2. The average Bonchev–Trinajstić information content (AvgIpc) is 2.92. The van der Waals surface area contributed by atoms with Crippen molar-refractivity contribution in [1.82, 2.24) is 15.5 Å². The largest absolute Gasteiger partial charge is 0.484 e. The fourth-order valence-corrected chi connectivity index (χ4v) is 3.12. The molecule has 0 saturated carbocycles. The lowest BCUT2D eigenvalue weighted by molar-refractivity contribution is -0.153. The summed E-state index contributed by atoms with van der Waals surface area (Å²) in [7, 11) is 0. The molecule has 1 saturated heterocycles. The van der Waals surface area contributed by atoms with Gasteiger partial charge < -0.3 is 20.3 Å². The van der Waals surface area contributed by atoms with Crippen LogP contribution in [0, 0.1) is 0 Å². The molecule has 2 rings (SSSR count). The third-order valence-corrected chi connectivity index (χ3v) is 4.66. The Morgan fingerprint density at radius 3 is 2.63 bits per heavy atom. The van der Waals surface area contributed by atoms with E-state index in [1.165, 1.54) is 12.1 Å². The predicted molar refractivity (Wildman–Crippen MR) is 110 cm³/mol. The topological polar surface area (TPSA) is 66.0 Å². The van der Waals surface area contributed by atoms with E-state index in [0.717, 1.165) is 44.3 Å². The number of hydrogen-bond acceptors (Lipinski definition) is 3. The van der Waals surface area contributed by atoms with Crippen molar-refractivity contribution in [3.05, 3.63) is 29.8 Å². The van der Waals surface area contributed by atoms with Gasteiger partial charge in [-0.1, -0.05) is 18.6 Å². The van der Waals surface area contributed by atoms with Gasteiger partial charge in [-0.25, -0.2) is 4.99 Å². The highest BCUT2D eigenvalue weighted by molar-refractivity contribution is 5.79. The van der Waals surface area contributed by atoms with E-state index in [0.29, 0.717) is 32.0 Å². The number of amides is 1. The molecule has 9 heteroatoms. The Hall–Kier alpha value is -2.45. The van der Waals surface area contributed by atoms with Crippen LogP contribution >= 0.6 is 0 Å². The minimum Gasteiger partial charge on any atom is -0.484 e. The van der Waals surface area contributed by atoms with Crippen molar-refractivity contribution in [1.29, 1.82) is 0 Å². The van der Waals surface area contributed by atoms with Crippen LogP contribution in [0.5, 0.6) is 5.75 Å². The second-order valence-corrected chi connectivity index (χ2v) is 7.21. The number of carbonyl (C=O) groups excluding carboxylic acids is 1. The van der Waals surface area contributed by atoms with Crippen LogP contribution in [-0.2, 0) is 11.3 Å². The van der Waals surface area contributed by atoms with E-state index in [1.54, 1.807) is 12.1 Å². The zero-order valence-electron chi connectivity index (χ0n) is 17.4.